The maximum absolute atomic E-state index is 11.0. The lowest BCUT2D eigenvalue weighted by molar-refractivity contribution is -0.140. The number of hydrogen-bond donors (Lipinski definition) is 1. The van der Waals surface area contributed by atoms with Crippen LogP contribution in [0.1, 0.15) is 44.1 Å². The molecule has 0 aliphatic carbocycles. The maximum atomic E-state index is 11.0. The van der Waals surface area contributed by atoms with E-state index in [1.165, 1.54) is 19.2 Å². The third kappa shape index (κ3) is 5.30. The van der Waals surface area contributed by atoms with Crippen molar-refractivity contribution in [2.75, 3.05) is 7.11 Å². The zero-order valence-electron chi connectivity index (χ0n) is 11.7. The van der Waals surface area contributed by atoms with Gasteiger partial charge in [0.2, 0.25) is 0 Å². The summed E-state index contributed by atoms with van der Waals surface area (Å²) >= 11 is 0. The molecule has 1 aromatic rings. The molecule has 1 unspecified atom stereocenters. The zero-order valence-corrected chi connectivity index (χ0v) is 12.5. The molecule has 1 aromatic carbocycles. The highest BCUT2D eigenvalue weighted by molar-refractivity contribution is 7.85. The van der Waals surface area contributed by atoms with E-state index in [0.29, 0.717) is 6.42 Å². The van der Waals surface area contributed by atoms with Crippen molar-refractivity contribution in [1.82, 2.24) is 0 Å². The first-order valence-corrected chi connectivity index (χ1v) is 7.93. The summed E-state index contributed by atoms with van der Waals surface area (Å²) in [5.41, 5.74) is 1.01. The monoisotopic (exact) mass is 300 g/mol. The molecule has 0 saturated carbocycles. The maximum Gasteiger partial charge on any atom is 0.305 e. The second kappa shape index (κ2) is 7.40. The zero-order chi connectivity index (χ0) is 15.2. The molecule has 1 rings (SSSR count). The van der Waals surface area contributed by atoms with Crippen molar-refractivity contribution in [3.05, 3.63) is 29.8 Å². The summed E-state index contributed by atoms with van der Waals surface area (Å²) in [5, 5.41) is 0. The third-order valence-corrected chi connectivity index (χ3v) is 4.11. The molecule has 0 aliphatic rings. The van der Waals surface area contributed by atoms with Crippen LogP contribution < -0.4 is 0 Å². The molecule has 0 radical (unpaired) electrons. The smallest absolute Gasteiger partial charge is 0.305 e. The van der Waals surface area contributed by atoms with E-state index in [-0.39, 0.29) is 16.8 Å². The Morgan fingerprint density at radius 3 is 2.35 bits per heavy atom. The normalized spacial score (nSPS) is 12.9. The molecule has 0 saturated heterocycles. The molecule has 1 N–H and O–H groups in total. The summed E-state index contributed by atoms with van der Waals surface area (Å²) in [6, 6.07) is 6.20. The van der Waals surface area contributed by atoms with Gasteiger partial charge in [0.1, 0.15) is 0 Å². The van der Waals surface area contributed by atoms with Gasteiger partial charge in [-0.3, -0.25) is 9.35 Å². The highest BCUT2D eigenvalue weighted by Crippen LogP contribution is 2.23. The average Bonchev–Trinajstić information content (AvgIpc) is 2.42. The van der Waals surface area contributed by atoms with E-state index in [0.717, 1.165) is 24.8 Å². The van der Waals surface area contributed by atoms with E-state index in [9.17, 15) is 13.2 Å². The summed E-state index contributed by atoms with van der Waals surface area (Å²) in [7, 11) is -2.75. The number of hydrogen-bond acceptors (Lipinski definition) is 4. The Hall–Kier alpha value is -1.40. The number of benzene rings is 1. The van der Waals surface area contributed by atoms with E-state index < -0.39 is 10.1 Å². The van der Waals surface area contributed by atoms with E-state index in [1.807, 2.05) is 6.92 Å². The van der Waals surface area contributed by atoms with Gasteiger partial charge in [-0.15, -0.1) is 0 Å². The topological polar surface area (TPSA) is 80.7 Å². The van der Waals surface area contributed by atoms with Crippen LogP contribution in [-0.2, 0) is 19.6 Å². The van der Waals surface area contributed by atoms with Crippen molar-refractivity contribution in [3.8, 4) is 0 Å². The summed E-state index contributed by atoms with van der Waals surface area (Å²) < 4.78 is 35.3. The lowest BCUT2D eigenvalue weighted by Gasteiger charge is -2.11. The first-order valence-electron chi connectivity index (χ1n) is 6.49. The van der Waals surface area contributed by atoms with Crippen molar-refractivity contribution >= 4 is 16.1 Å². The van der Waals surface area contributed by atoms with Gasteiger partial charge >= 0.3 is 5.97 Å². The van der Waals surface area contributed by atoms with Gasteiger partial charge in [-0.2, -0.15) is 8.42 Å². The minimum absolute atomic E-state index is 0.0980. The van der Waals surface area contributed by atoms with Crippen LogP contribution in [0.2, 0.25) is 0 Å². The van der Waals surface area contributed by atoms with Crippen LogP contribution in [0.15, 0.2) is 29.2 Å². The van der Waals surface area contributed by atoms with Gasteiger partial charge in [-0.25, -0.2) is 0 Å². The van der Waals surface area contributed by atoms with Crippen LogP contribution in [0.4, 0.5) is 0 Å². The number of carbonyl (C=O) groups is 1. The van der Waals surface area contributed by atoms with Gasteiger partial charge in [-0.05, 0) is 36.5 Å². The number of ether oxygens (including phenoxy) is 1. The Balaban J connectivity index is 2.48. The molecule has 0 heterocycles. The van der Waals surface area contributed by atoms with E-state index in [1.54, 1.807) is 12.1 Å². The fourth-order valence-electron chi connectivity index (χ4n) is 1.96. The summed E-state index contributed by atoms with van der Waals surface area (Å²) in [6.45, 7) is 2.04. The molecule has 1 atom stereocenters. The molecule has 20 heavy (non-hydrogen) atoms. The molecule has 0 spiro atoms. The van der Waals surface area contributed by atoms with Crippen LogP contribution in [0, 0.1) is 0 Å². The standard InChI is InChI=1S/C14H20O5S/c1-11(5-3-4-6-14(15)19-2)12-7-9-13(10-8-12)20(16,17)18/h7-11H,3-6H2,1-2H3,(H,16,17,18). The van der Waals surface area contributed by atoms with Gasteiger partial charge < -0.3 is 4.74 Å². The van der Waals surface area contributed by atoms with E-state index >= 15 is 0 Å². The first-order chi connectivity index (χ1) is 9.34. The van der Waals surface area contributed by atoms with Gasteiger partial charge in [0.25, 0.3) is 10.1 Å². The highest BCUT2D eigenvalue weighted by atomic mass is 32.2. The first kappa shape index (κ1) is 16.7. The Kier molecular flexibility index (Phi) is 6.16. The van der Waals surface area contributed by atoms with Crippen molar-refractivity contribution in [1.29, 1.82) is 0 Å². The fourth-order valence-corrected chi connectivity index (χ4v) is 2.44. The van der Waals surface area contributed by atoms with Crippen LogP contribution >= 0.6 is 0 Å². The number of unbranched alkanes of at least 4 members (excludes halogenated alkanes) is 1. The lowest BCUT2D eigenvalue weighted by Crippen LogP contribution is -2.01. The average molecular weight is 300 g/mol. The van der Waals surface area contributed by atoms with Crippen LogP contribution in [0.3, 0.4) is 0 Å². The predicted octanol–water partition coefficient (Wildman–Crippen LogP) is 2.77. The Labute approximate surface area is 119 Å². The number of esters is 1. The summed E-state index contributed by atoms with van der Waals surface area (Å²) in [6.07, 6.45) is 3.00. The lowest BCUT2D eigenvalue weighted by atomic mass is 9.95. The van der Waals surface area contributed by atoms with Crippen LogP contribution in [-0.4, -0.2) is 26.0 Å². The van der Waals surface area contributed by atoms with Crippen molar-refractivity contribution in [2.24, 2.45) is 0 Å². The second-order valence-corrected chi connectivity index (χ2v) is 6.19. The fraction of sp³-hybridized carbons (Fsp3) is 0.500. The molecule has 5 nitrogen and oxygen atoms in total. The Bertz CT molecular complexity index is 533. The van der Waals surface area contributed by atoms with Crippen molar-refractivity contribution < 1.29 is 22.5 Å². The number of carbonyl (C=O) groups excluding carboxylic acids is 1. The predicted molar refractivity (Wildman–Crippen MR) is 75.2 cm³/mol. The summed E-state index contributed by atoms with van der Waals surface area (Å²) in [5.74, 6) is 0.0678. The largest absolute Gasteiger partial charge is 0.469 e. The molecule has 0 aromatic heterocycles. The summed E-state index contributed by atoms with van der Waals surface area (Å²) in [4.78, 5) is 10.9. The number of methoxy groups -OCH3 is 1. The SMILES string of the molecule is COC(=O)CCCCC(C)c1ccc(S(=O)(=O)O)cc1. The minimum atomic E-state index is -4.13. The van der Waals surface area contributed by atoms with Crippen molar-refractivity contribution in [3.63, 3.8) is 0 Å². The second-order valence-electron chi connectivity index (χ2n) is 4.77. The molecule has 0 fully saturated rings. The molecular formula is C14H20O5S. The van der Waals surface area contributed by atoms with Gasteiger partial charge in [-0.1, -0.05) is 25.5 Å². The highest BCUT2D eigenvalue weighted by Gasteiger charge is 2.11. The Morgan fingerprint density at radius 2 is 1.85 bits per heavy atom. The van der Waals surface area contributed by atoms with Crippen LogP contribution in [0.5, 0.6) is 0 Å². The molecule has 0 amide bonds. The Morgan fingerprint density at radius 1 is 1.25 bits per heavy atom. The number of rotatable bonds is 7. The van der Waals surface area contributed by atoms with Gasteiger partial charge in [0.15, 0.2) is 0 Å². The van der Waals surface area contributed by atoms with Crippen molar-refractivity contribution in [2.45, 2.75) is 43.4 Å². The molecular weight excluding hydrogens is 280 g/mol. The van der Waals surface area contributed by atoms with Gasteiger partial charge in [0.05, 0.1) is 12.0 Å². The van der Waals surface area contributed by atoms with E-state index in [4.69, 9.17) is 4.55 Å². The molecule has 6 heteroatoms. The van der Waals surface area contributed by atoms with Crippen LogP contribution in [0.25, 0.3) is 0 Å². The van der Waals surface area contributed by atoms with E-state index in [2.05, 4.69) is 4.74 Å². The molecule has 0 bridgehead atoms. The third-order valence-electron chi connectivity index (χ3n) is 3.24. The van der Waals surface area contributed by atoms with Gasteiger partial charge in [0, 0.05) is 6.42 Å². The quantitative estimate of drug-likeness (QED) is 0.476. The molecule has 0 aliphatic heterocycles. The minimum Gasteiger partial charge on any atom is -0.469 e. The molecule has 112 valence electrons.